The maximum absolute atomic E-state index is 12.5. The predicted octanol–water partition coefficient (Wildman–Crippen LogP) is 3.69. The molecule has 0 aliphatic carbocycles. The van der Waals surface area contributed by atoms with E-state index in [1.165, 1.54) is 0 Å². The molecule has 1 aliphatic heterocycles. The van der Waals surface area contributed by atoms with Gasteiger partial charge in [-0.2, -0.15) is 9.35 Å². The lowest BCUT2D eigenvalue weighted by Crippen LogP contribution is -2.58. The zero-order valence-corrected chi connectivity index (χ0v) is 14.3. The van der Waals surface area contributed by atoms with Gasteiger partial charge in [0, 0.05) is 11.1 Å². The van der Waals surface area contributed by atoms with Crippen molar-refractivity contribution in [3.8, 4) is 5.75 Å². The number of piperidine rings is 1. The van der Waals surface area contributed by atoms with Gasteiger partial charge in [0.05, 0.1) is 12.0 Å². The summed E-state index contributed by atoms with van der Waals surface area (Å²) in [4.78, 5) is 0.646. The quantitative estimate of drug-likeness (QED) is 0.850. The monoisotopic (exact) mass is 311 g/mol. The molecule has 1 atom stereocenters. The summed E-state index contributed by atoms with van der Waals surface area (Å²) in [6.45, 7) is 8.55. The van der Waals surface area contributed by atoms with Crippen molar-refractivity contribution in [3.05, 3.63) is 24.3 Å². The molecule has 0 spiro atoms. The molecule has 0 bridgehead atoms. The Morgan fingerprint density at radius 2 is 1.57 bits per heavy atom. The van der Waals surface area contributed by atoms with Gasteiger partial charge in [-0.05, 0) is 71.2 Å². The van der Waals surface area contributed by atoms with Gasteiger partial charge in [0.15, 0.2) is 0 Å². The first-order valence-electron chi connectivity index (χ1n) is 7.31. The van der Waals surface area contributed by atoms with Crippen LogP contribution in [-0.2, 0) is 15.4 Å². The molecular formula is C16H25NO3S. The van der Waals surface area contributed by atoms with Crippen LogP contribution in [0, 0.1) is 0 Å². The third-order valence-electron chi connectivity index (χ3n) is 4.07. The summed E-state index contributed by atoms with van der Waals surface area (Å²) in [5, 5.41) is 1.92. The first-order valence-corrected chi connectivity index (χ1v) is 8.38. The summed E-state index contributed by atoms with van der Waals surface area (Å²) >= 11 is -1.51. The molecule has 1 unspecified atom stereocenters. The van der Waals surface area contributed by atoms with Gasteiger partial charge in [-0.3, -0.25) is 0 Å². The van der Waals surface area contributed by atoms with E-state index in [4.69, 9.17) is 9.02 Å². The van der Waals surface area contributed by atoms with Crippen molar-refractivity contribution < 1.29 is 13.2 Å². The maximum Gasteiger partial charge on any atom is 0.206 e. The van der Waals surface area contributed by atoms with Crippen LogP contribution in [0.1, 0.15) is 47.0 Å². The van der Waals surface area contributed by atoms with Crippen LogP contribution in [0.2, 0.25) is 0 Å². The van der Waals surface area contributed by atoms with Gasteiger partial charge < -0.3 is 4.74 Å². The lowest BCUT2D eigenvalue weighted by Gasteiger charge is -2.50. The van der Waals surface area contributed by atoms with Crippen LogP contribution >= 0.6 is 0 Å². The second-order valence-electron chi connectivity index (χ2n) is 6.76. The number of rotatable bonds is 4. The minimum atomic E-state index is -1.51. The topological polar surface area (TPSA) is 38.8 Å². The van der Waals surface area contributed by atoms with Gasteiger partial charge in [-0.1, -0.05) is 0 Å². The first-order chi connectivity index (χ1) is 9.76. The summed E-state index contributed by atoms with van der Waals surface area (Å²) in [5.74, 6) is 0.745. The summed E-state index contributed by atoms with van der Waals surface area (Å²) in [7, 11) is 1.61. The number of hydroxylamine groups is 2. The molecule has 0 amide bonds. The fourth-order valence-electron chi connectivity index (χ4n) is 2.98. The molecule has 1 aliphatic rings. The third-order valence-corrected chi connectivity index (χ3v) is 5.01. The molecule has 0 radical (unpaired) electrons. The lowest BCUT2D eigenvalue weighted by atomic mass is 9.82. The average Bonchev–Trinajstić information content (AvgIpc) is 2.42. The van der Waals surface area contributed by atoms with Crippen LogP contribution in [0.3, 0.4) is 0 Å². The highest BCUT2D eigenvalue weighted by atomic mass is 32.2. The SMILES string of the molecule is COc1ccc(S(=O)ON2C(C)(C)CCCC2(C)C)cc1. The van der Waals surface area contributed by atoms with Crippen LogP contribution in [-0.4, -0.2) is 27.5 Å². The molecule has 1 saturated heterocycles. The Labute approximate surface area is 130 Å². The Hall–Kier alpha value is -0.910. The van der Waals surface area contributed by atoms with E-state index in [9.17, 15) is 4.21 Å². The van der Waals surface area contributed by atoms with E-state index in [0.717, 1.165) is 25.0 Å². The number of hydrogen-bond acceptors (Lipinski definition) is 4. The van der Waals surface area contributed by atoms with E-state index >= 15 is 0 Å². The van der Waals surface area contributed by atoms with Gasteiger partial charge in [0.1, 0.15) is 5.75 Å². The van der Waals surface area contributed by atoms with E-state index in [1.807, 2.05) is 5.06 Å². The van der Waals surface area contributed by atoms with E-state index < -0.39 is 11.1 Å². The highest BCUT2D eigenvalue weighted by molar-refractivity contribution is 7.80. The van der Waals surface area contributed by atoms with Gasteiger partial charge in [-0.25, -0.2) is 4.21 Å². The summed E-state index contributed by atoms with van der Waals surface area (Å²) in [6.07, 6.45) is 3.24. The van der Waals surface area contributed by atoms with E-state index in [0.29, 0.717) is 4.90 Å². The zero-order valence-electron chi connectivity index (χ0n) is 13.5. The van der Waals surface area contributed by atoms with Crippen LogP contribution in [0.5, 0.6) is 5.75 Å². The zero-order chi connectivity index (χ0) is 15.7. The summed E-state index contributed by atoms with van der Waals surface area (Å²) in [5.41, 5.74) is -0.242. The minimum absolute atomic E-state index is 0.121. The molecule has 1 fully saturated rings. The maximum atomic E-state index is 12.5. The Bertz CT molecular complexity index is 495. The van der Waals surface area contributed by atoms with Crippen molar-refractivity contribution in [2.75, 3.05) is 7.11 Å². The van der Waals surface area contributed by atoms with Gasteiger partial charge in [0.25, 0.3) is 0 Å². The average molecular weight is 311 g/mol. The molecule has 0 saturated carbocycles. The van der Waals surface area contributed by atoms with E-state index in [2.05, 4.69) is 27.7 Å². The number of nitrogens with zero attached hydrogens (tertiary/aromatic N) is 1. The molecule has 1 aromatic rings. The minimum Gasteiger partial charge on any atom is -0.497 e. The van der Waals surface area contributed by atoms with Crippen LogP contribution in [0.15, 0.2) is 29.2 Å². The van der Waals surface area contributed by atoms with Gasteiger partial charge >= 0.3 is 0 Å². The first kappa shape index (κ1) is 16.5. The third kappa shape index (κ3) is 3.65. The summed E-state index contributed by atoms with van der Waals surface area (Å²) < 4.78 is 23.5. The Morgan fingerprint density at radius 1 is 1.05 bits per heavy atom. The molecule has 118 valence electrons. The van der Waals surface area contributed by atoms with Crippen LogP contribution in [0.25, 0.3) is 0 Å². The van der Waals surface area contributed by atoms with E-state index in [-0.39, 0.29) is 11.1 Å². The lowest BCUT2D eigenvalue weighted by molar-refractivity contribution is -0.210. The molecular weight excluding hydrogens is 286 g/mol. The fraction of sp³-hybridized carbons (Fsp3) is 0.625. The number of methoxy groups -OCH3 is 1. The summed E-state index contributed by atoms with van der Waals surface area (Å²) in [6, 6.07) is 7.14. The molecule has 0 N–H and O–H groups in total. The molecule has 5 heteroatoms. The standard InChI is InChI=1S/C16H25NO3S/c1-15(2)11-6-12-16(3,4)17(15)20-21(18)14-9-7-13(19-5)8-10-14/h7-10H,6,11-12H2,1-5H3. The van der Waals surface area contributed by atoms with Crippen LogP contribution < -0.4 is 4.74 Å². The Balaban J connectivity index is 2.16. The molecule has 2 rings (SSSR count). The fourth-order valence-corrected chi connectivity index (χ4v) is 3.96. The second-order valence-corrected chi connectivity index (χ2v) is 7.85. The van der Waals surface area contributed by atoms with Gasteiger partial charge in [-0.15, -0.1) is 0 Å². The number of ether oxygens (including phenoxy) is 1. The molecule has 1 heterocycles. The Kier molecular flexibility index (Phi) is 4.76. The molecule has 4 nitrogen and oxygen atoms in total. The molecule has 0 aromatic heterocycles. The van der Waals surface area contributed by atoms with Crippen molar-refractivity contribution in [1.29, 1.82) is 0 Å². The van der Waals surface area contributed by atoms with Crippen molar-refractivity contribution in [1.82, 2.24) is 5.06 Å². The van der Waals surface area contributed by atoms with Gasteiger partial charge in [0.2, 0.25) is 11.1 Å². The van der Waals surface area contributed by atoms with E-state index in [1.54, 1.807) is 31.4 Å². The Morgan fingerprint density at radius 3 is 2.05 bits per heavy atom. The number of hydrogen-bond donors (Lipinski definition) is 0. The van der Waals surface area contributed by atoms with Crippen molar-refractivity contribution in [2.24, 2.45) is 0 Å². The second kappa shape index (κ2) is 6.07. The highest BCUT2D eigenvalue weighted by Crippen LogP contribution is 2.39. The molecule has 21 heavy (non-hydrogen) atoms. The smallest absolute Gasteiger partial charge is 0.206 e. The number of benzene rings is 1. The normalized spacial score (nSPS) is 22.7. The highest BCUT2D eigenvalue weighted by Gasteiger charge is 2.43. The van der Waals surface area contributed by atoms with Crippen molar-refractivity contribution in [2.45, 2.75) is 62.9 Å². The predicted molar refractivity (Wildman–Crippen MR) is 84.3 cm³/mol. The van der Waals surface area contributed by atoms with Crippen molar-refractivity contribution in [3.63, 3.8) is 0 Å². The largest absolute Gasteiger partial charge is 0.497 e. The van der Waals surface area contributed by atoms with Crippen LogP contribution in [0.4, 0.5) is 0 Å². The molecule has 1 aromatic carbocycles. The van der Waals surface area contributed by atoms with Crippen molar-refractivity contribution >= 4 is 11.1 Å².